The highest BCUT2D eigenvalue weighted by atomic mass is 14.9. The van der Waals surface area contributed by atoms with Crippen molar-refractivity contribution >= 4 is 6.21 Å². The molecular formula is C19H27N2-. The van der Waals surface area contributed by atoms with Gasteiger partial charge in [0.25, 0.3) is 0 Å². The maximum atomic E-state index is 4.79. The quantitative estimate of drug-likeness (QED) is 0.611. The van der Waals surface area contributed by atoms with Crippen molar-refractivity contribution in [3.8, 4) is 0 Å². The summed E-state index contributed by atoms with van der Waals surface area (Å²) in [6.45, 7) is 0. The number of hydrogen-bond acceptors (Lipinski definition) is 1. The van der Waals surface area contributed by atoms with Crippen molar-refractivity contribution in [3.05, 3.63) is 40.9 Å². The number of aliphatic imine (C=N–C) groups is 1. The van der Waals surface area contributed by atoms with E-state index in [9.17, 15) is 0 Å². The molecular weight excluding hydrogens is 256 g/mol. The third kappa shape index (κ3) is 4.33. The summed E-state index contributed by atoms with van der Waals surface area (Å²) in [7, 11) is 0. The normalized spacial score (nSPS) is 26.7. The van der Waals surface area contributed by atoms with Crippen molar-refractivity contribution < 1.29 is 0 Å². The molecule has 2 nitrogen and oxygen atoms in total. The van der Waals surface area contributed by atoms with Gasteiger partial charge in [0.2, 0.25) is 0 Å². The minimum absolute atomic E-state index is 0.553. The first-order chi connectivity index (χ1) is 10.4. The van der Waals surface area contributed by atoms with Gasteiger partial charge < -0.3 is 5.32 Å². The second-order valence-electron chi connectivity index (χ2n) is 6.58. The maximum Gasteiger partial charge on any atom is 0.0499 e. The van der Waals surface area contributed by atoms with Gasteiger partial charge >= 0.3 is 0 Å². The molecule has 0 amide bonds. The van der Waals surface area contributed by atoms with Crippen LogP contribution < -0.4 is 0 Å². The van der Waals surface area contributed by atoms with E-state index < -0.39 is 0 Å². The third-order valence-corrected chi connectivity index (χ3v) is 4.88. The van der Waals surface area contributed by atoms with Crippen LogP contribution in [0.4, 0.5) is 0 Å². The molecule has 3 aliphatic rings. The molecule has 2 fully saturated rings. The Morgan fingerprint density at radius 3 is 2.43 bits per heavy atom. The Balaban J connectivity index is 1.53. The molecule has 114 valence electrons. The summed E-state index contributed by atoms with van der Waals surface area (Å²) in [5.74, 6) is 0. The highest BCUT2D eigenvalue weighted by Crippen LogP contribution is 2.27. The Labute approximate surface area is 129 Å². The molecule has 0 radical (unpaired) electrons. The first kappa shape index (κ1) is 14.6. The molecule has 0 spiro atoms. The summed E-state index contributed by atoms with van der Waals surface area (Å²) in [5.41, 5.74) is 2.47. The van der Waals surface area contributed by atoms with E-state index in [0.29, 0.717) is 12.1 Å². The van der Waals surface area contributed by atoms with E-state index >= 15 is 0 Å². The summed E-state index contributed by atoms with van der Waals surface area (Å²) >= 11 is 0. The van der Waals surface area contributed by atoms with Crippen LogP contribution in [0.25, 0.3) is 5.32 Å². The van der Waals surface area contributed by atoms with Crippen molar-refractivity contribution in [2.45, 2.75) is 76.3 Å². The number of rotatable bonds is 4. The van der Waals surface area contributed by atoms with Crippen LogP contribution in [0.3, 0.4) is 0 Å². The molecule has 2 heteroatoms. The molecule has 0 heterocycles. The summed E-state index contributed by atoms with van der Waals surface area (Å²) in [5, 5.41) is 4.79. The van der Waals surface area contributed by atoms with Crippen molar-refractivity contribution in [1.29, 1.82) is 0 Å². The summed E-state index contributed by atoms with van der Waals surface area (Å²) in [4.78, 5) is 4.79. The average molecular weight is 283 g/mol. The Kier molecular flexibility index (Phi) is 5.31. The van der Waals surface area contributed by atoms with Crippen LogP contribution in [-0.2, 0) is 0 Å². The van der Waals surface area contributed by atoms with E-state index in [-0.39, 0.29) is 0 Å². The van der Waals surface area contributed by atoms with Crippen LogP contribution in [0.2, 0.25) is 0 Å². The molecule has 3 rings (SSSR count). The van der Waals surface area contributed by atoms with Gasteiger partial charge in [0, 0.05) is 12.3 Å². The molecule has 0 aromatic carbocycles. The van der Waals surface area contributed by atoms with E-state index in [1.165, 1.54) is 75.4 Å². The Morgan fingerprint density at radius 2 is 1.67 bits per heavy atom. The first-order valence-corrected chi connectivity index (χ1v) is 8.74. The molecule has 0 unspecified atom stereocenters. The zero-order chi connectivity index (χ0) is 14.3. The van der Waals surface area contributed by atoms with Gasteiger partial charge in [-0.3, -0.25) is 4.99 Å². The zero-order valence-electron chi connectivity index (χ0n) is 13.0. The van der Waals surface area contributed by atoms with Gasteiger partial charge in [-0.1, -0.05) is 69.6 Å². The van der Waals surface area contributed by atoms with Crippen molar-refractivity contribution in [2.24, 2.45) is 4.99 Å². The Hall–Kier alpha value is -1.31. The van der Waals surface area contributed by atoms with E-state index in [4.69, 9.17) is 10.3 Å². The fourth-order valence-electron chi connectivity index (χ4n) is 3.51. The predicted octanol–water partition coefficient (Wildman–Crippen LogP) is 5.48. The Bertz CT molecular complexity index is 444. The van der Waals surface area contributed by atoms with Crippen LogP contribution in [0.5, 0.6) is 0 Å². The zero-order valence-corrected chi connectivity index (χ0v) is 13.0. The molecule has 0 saturated heterocycles. The minimum atomic E-state index is 0.553. The topological polar surface area (TPSA) is 26.5 Å². The van der Waals surface area contributed by atoms with E-state index in [2.05, 4.69) is 30.6 Å². The lowest BCUT2D eigenvalue weighted by molar-refractivity contribution is 0.444. The van der Waals surface area contributed by atoms with Gasteiger partial charge in [0.05, 0.1) is 0 Å². The van der Waals surface area contributed by atoms with Crippen molar-refractivity contribution in [2.75, 3.05) is 0 Å². The second kappa shape index (κ2) is 7.63. The van der Waals surface area contributed by atoms with E-state index in [0.717, 1.165) is 0 Å². The number of allylic oxidation sites excluding steroid dienone is 5. The van der Waals surface area contributed by atoms with Gasteiger partial charge in [0.1, 0.15) is 0 Å². The fraction of sp³-hybridized carbons (Fsp3) is 0.632. The van der Waals surface area contributed by atoms with Crippen molar-refractivity contribution in [1.82, 2.24) is 0 Å². The molecule has 21 heavy (non-hydrogen) atoms. The highest BCUT2D eigenvalue weighted by molar-refractivity contribution is 5.88. The fourth-order valence-corrected chi connectivity index (χ4v) is 3.51. The first-order valence-electron chi connectivity index (χ1n) is 8.74. The smallest absolute Gasteiger partial charge is 0.0499 e. The summed E-state index contributed by atoms with van der Waals surface area (Å²) in [6, 6.07) is 1.11. The molecule has 0 aromatic rings. The molecule has 0 aliphatic heterocycles. The summed E-state index contributed by atoms with van der Waals surface area (Å²) in [6.07, 6.45) is 23.8. The molecule has 2 saturated carbocycles. The van der Waals surface area contributed by atoms with Crippen LogP contribution in [0.1, 0.15) is 64.2 Å². The molecule has 0 N–H and O–H groups in total. The molecule has 0 aromatic heterocycles. The van der Waals surface area contributed by atoms with Crippen LogP contribution >= 0.6 is 0 Å². The lowest BCUT2D eigenvalue weighted by Gasteiger charge is -2.33. The lowest BCUT2D eigenvalue weighted by Crippen LogP contribution is -2.10. The Morgan fingerprint density at radius 1 is 0.952 bits per heavy atom. The average Bonchev–Trinajstić information content (AvgIpc) is 3.00. The van der Waals surface area contributed by atoms with Gasteiger partial charge in [-0.2, -0.15) is 6.20 Å². The van der Waals surface area contributed by atoms with Crippen LogP contribution in [-0.4, -0.2) is 18.3 Å². The standard InChI is InChI=1S/C19H27N2/c1-3-10-18(11-4-1)20-14-16-8-7-9-17(16)15-21-19-12-5-2-6-13-19/h7-9,14-15,18-19H,1-6,10-13H2/q-1/b16-14-,21-15?. The molecule has 3 aliphatic carbocycles. The van der Waals surface area contributed by atoms with E-state index in [1.54, 1.807) is 0 Å². The number of hydrogen-bond donors (Lipinski definition) is 0. The molecule has 0 bridgehead atoms. The third-order valence-electron chi connectivity index (χ3n) is 4.88. The molecule has 0 atom stereocenters. The van der Waals surface area contributed by atoms with E-state index in [1.807, 2.05) is 0 Å². The van der Waals surface area contributed by atoms with Crippen molar-refractivity contribution in [3.63, 3.8) is 0 Å². The van der Waals surface area contributed by atoms with Crippen LogP contribution in [0.15, 0.2) is 40.6 Å². The number of nitrogens with zero attached hydrogens (tertiary/aromatic N) is 2. The largest absolute Gasteiger partial charge is 0.687 e. The predicted molar refractivity (Wildman–Crippen MR) is 90.9 cm³/mol. The highest BCUT2D eigenvalue weighted by Gasteiger charge is 2.11. The SMILES string of the molecule is C1=C/C(=C/[N-]C2CCCCC2)C(C=NC2CCCCC2)=C1. The van der Waals surface area contributed by atoms with Gasteiger partial charge in [0.15, 0.2) is 0 Å². The van der Waals surface area contributed by atoms with Gasteiger partial charge in [-0.05, 0) is 24.0 Å². The van der Waals surface area contributed by atoms with Gasteiger partial charge in [-0.25, -0.2) is 0 Å². The second-order valence-corrected chi connectivity index (χ2v) is 6.58. The van der Waals surface area contributed by atoms with Crippen LogP contribution in [0, 0.1) is 0 Å². The lowest BCUT2D eigenvalue weighted by atomic mass is 9.95. The summed E-state index contributed by atoms with van der Waals surface area (Å²) < 4.78 is 0. The minimum Gasteiger partial charge on any atom is -0.687 e. The van der Waals surface area contributed by atoms with Gasteiger partial charge in [-0.15, -0.1) is 6.04 Å². The monoisotopic (exact) mass is 283 g/mol. The maximum absolute atomic E-state index is 4.79.